The van der Waals surface area contributed by atoms with Crippen molar-refractivity contribution in [3.05, 3.63) is 101 Å². The van der Waals surface area contributed by atoms with Crippen molar-refractivity contribution < 1.29 is 27.4 Å². The van der Waals surface area contributed by atoms with E-state index in [1.807, 2.05) is 30.3 Å². The van der Waals surface area contributed by atoms with Crippen molar-refractivity contribution in [1.82, 2.24) is 15.0 Å². The molecule has 3 N–H and O–H groups in total. The Morgan fingerprint density at radius 1 is 0.950 bits per heavy atom. The van der Waals surface area contributed by atoms with Crippen molar-refractivity contribution in [3.63, 3.8) is 0 Å². The van der Waals surface area contributed by atoms with Gasteiger partial charge in [-0.25, -0.2) is 14.8 Å². The Kier molecular flexibility index (Phi) is 7.05. The number of pyridine rings is 3. The molecule has 11 heteroatoms. The maximum atomic E-state index is 12.9. The van der Waals surface area contributed by atoms with Gasteiger partial charge in [0, 0.05) is 40.2 Å². The van der Waals surface area contributed by atoms with E-state index in [-0.39, 0.29) is 11.1 Å². The van der Waals surface area contributed by atoms with Crippen molar-refractivity contribution in [2.24, 2.45) is 5.73 Å². The van der Waals surface area contributed by atoms with Gasteiger partial charge in [0.05, 0.1) is 23.7 Å². The lowest BCUT2D eigenvalue weighted by Gasteiger charge is -2.16. The highest BCUT2D eigenvalue weighted by atomic mass is 19.4. The summed E-state index contributed by atoms with van der Waals surface area (Å²) in [6.45, 7) is 0. The van der Waals surface area contributed by atoms with Crippen LogP contribution in [0.4, 0.5) is 13.2 Å². The molecule has 1 unspecified atom stereocenters. The van der Waals surface area contributed by atoms with Gasteiger partial charge in [0.2, 0.25) is 5.88 Å². The van der Waals surface area contributed by atoms with E-state index < -0.39 is 18.4 Å². The number of fused-ring (bicyclic) bond motifs is 1. The first-order valence-electron chi connectivity index (χ1n) is 11.9. The molecule has 0 radical (unpaired) electrons. The third kappa shape index (κ3) is 5.14. The largest absolute Gasteiger partial charge is 0.490 e. The van der Waals surface area contributed by atoms with Gasteiger partial charge in [0.1, 0.15) is 0 Å². The average molecular weight is 547 g/mol. The fourth-order valence-corrected chi connectivity index (χ4v) is 4.28. The second-order valence-corrected chi connectivity index (χ2v) is 8.68. The minimum Gasteiger partial charge on any atom is -0.481 e. The molecule has 0 saturated heterocycles. The minimum atomic E-state index is -5.16. The molecule has 0 aliphatic heterocycles. The summed E-state index contributed by atoms with van der Waals surface area (Å²) in [7, 11) is 1.49. The number of hydrogen-bond donors (Lipinski definition) is 2. The van der Waals surface area contributed by atoms with Gasteiger partial charge in [-0.05, 0) is 23.8 Å². The number of nitrogens with zero attached hydrogens (tertiary/aromatic N) is 2. The van der Waals surface area contributed by atoms with E-state index in [2.05, 4.69) is 14.7 Å². The van der Waals surface area contributed by atoms with Gasteiger partial charge >= 0.3 is 12.1 Å². The van der Waals surface area contributed by atoms with Gasteiger partial charge in [0.25, 0.3) is 5.56 Å². The number of nitrogens with two attached hydrogens (primary N) is 1. The van der Waals surface area contributed by atoms with Gasteiger partial charge in [-0.1, -0.05) is 54.6 Å². The third-order valence-corrected chi connectivity index (χ3v) is 6.19. The number of aromatic nitrogens is 3. The average Bonchev–Trinajstić information content (AvgIpc) is 2.97. The Hall–Kier alpha value is -5.03. The highest BCUT2D eigenvalue weighted by Gasteiger charge is 2.42. The van der Waals surface area contributed by atoms with E-state index in [1.165, 1.54) is 19.2 Å². The van der Waals surface area contributed by atoms with Crippen LogP contribution in [0, 0.1) is 0 Å². The summed E-state index contributed by atoms with van der Waals surface area (Å²) >= 11 is 0. The van der Waals surface area contributed by atoms with E-state index in [0.29, 0.717) is 44.7 Å². The number of carbonyl (C=O) groups excluding carboxylic acids is 1. The summed E-state index contributed by atoms with van der Waals surface area (Å²) in [4.78, 5) is 36.1. The second kappa shape index (κ2) is 10.6. The molecule has 3 heterocycles. The number of ether oxygens (including phenoxy) is 2. The fourth-order valence-electron chi connectivity index (χ4n) is 4.28. The predicted octanol–water partition coefficient (Wildman–Crippen LogP) is 5.39. The third-order valence-electron chi connectivity index (χ3n) is 6.19. The van der Waals surface area contributed by atoms with Crippen molar-refractivity contribution in [3.8, 4) is 39.4 Å². The fraction of sp³-hybridized carbons (Fsp3) is 0.103. The molecule has 3 aromatic heterocycles. The molecule has 1 atom stereocenters. The van der Waals surface area contributed by atoms with Crippen LogP contribution in [-0.4, -0.2) is 34.2 Å². The number of methoxy groups -OCH3 is 1. The molecular weight excluding hydrogens is 525 g/mol. The standard InChI is InChI=1S/C29H21F3N4O4/c1-39-27-19(8-5-13-34-27)22-15-35-26(37)21-14-20(16-6-3-2-4-7-16)23(36-24(21)22)17-9-11-18(12-10-17)25(33)40-28(38)29(30,31)32/h2-15,25H,33H2,1H3,(H,35,37). The number of aromatic amines is 1. The first kappa shape index (κ1) is 26.6. The number of nitrogens with one attached hydrogen (secondary N) is 1. The van der Waals surface area contributed by atoms with Gasteiger partial charge in [-0.3, -0.25) is 10.5 Å². The Balaban J connectivity index is 1.68. The maximum Gasteiger partial charge on any atom is 0.490 e. The van der Waals surface area contributed by atoms with Crippen LogP contribution in [0.5, 0.6) is 5.88 Å². The highest BCUT2D eigenvalue weighted by molar-refractivity contribution is 5.99. The van der Waals surface area contributed by atoms with E-state index in [4.69, 9.17) is 15.5 Å². The first-order valence-corrected chi connectivity index (χ1v) is 11.9. The van der Waals surface area contributed by atoms with Crippen molar-refractivity contribution >= 4 is 16.9 Å². The summed E-state index contributed by atoms with van der Waals surface area (Å²) in [5.74, 6) is -2.03. The lowest BCUT2D eigenvalue weighted by atomic mass is 9.95. The monoisotopic (exact) mass is 546 g/mol. The number of hydrogen-bond acceptors (Lipinski definition) is 7. The molecule has 2 aromatic carbocycles. The highest BCUT2D eigenvalue weighted by Crippen LogP contribution is 2.37. The van der Waals surface area contributed by atoms with Crippen LogP contribution in [0.1, 0.15) is 11.8 Å². The molecule has 5 aromatic rings. The zero-order valence-corrected chi connectivity index (χ0v) is 20.9. The van der Waals surface area contributed by atoms with Gasteiger partial charge in [-0.2, -0.15) is 13.2 Å². The van der Waals surface area contributed by atoms with Gasteiger partial charge < -0.3 is 14.5 Å². The minimum absolute atomic E-state index is 0.153. The molecule has 40 heavy (non-hydrogen) atoms. The molecule has 8 nitrogen and oxygen atoms in total. The molecule has 0 spiro atoms. The van der Waals surface area contributed by atoms with Crippen LogP contribution >= 0.6 is 0 Å². The lowest BCUT2D eigenvalue weighted by molar-refractivity contribution is -0.205. The van der Waals surface area contributed by atoms with Gasteiger partial charge in [-0.15, -0.1) is 0 Å². The molecule has 5 rings (SSSR count). The number of alkyl halides is 3. The topological polar surface area (TPSA) is 120 Å². The number of benzene rings is 2. The van der Waals surface area contributed by atoms with Crippen molar-refractivity contribution in [2.75, 3.05) is 7.11 Å². The van der Waals surface area contributed by atoms with Crippen LogP contribution in [0.2, 0.25) is 0 Å². The number of rotatable bonds is 6. The number of halogens is 3. The molecule has 0 fully saturated rings. The van der Waals surface area contributed by atoms with Crippen LogP contribution in [0.25, 0.3) is 44.4 Å². The molecule has 202 valence electrons. The smallest absolute Gasteiger partial charge is 0.481 e. The Labute approximate surface area is 225 Å². The summed E-state index contributed by atoms with van der Waals surface area (Å²) in [6.07, 6.45) is -3.66. The molecule has 0 saturated carbocycles. The summed E-state index contributed by atoms with van der Waals surface area (Å²) in [6, 6.07) is 20.7. The Bertz CT molecular complexity index is 1750. The van der Waals surface area contributed by atoms with Crippen LogP contribution in [0.15, 0.2) is 90.0 Å². The SMILES string of the molecule is COc1ncccc1-c1c[nH]c(=O)c2cc(-c3ccccc3)c(-c3ccc(C(N)OC(=O)C(F)(F)F)cc3)nc12. The van der Waals surface area contributed by atoms with E-state index in [0.717, 1.165) is 5.56 Å². The number of carbonyl (C=O) groups is 1. The maximum absolute atomic E-state index is 12.9. The lowest BCUT2D eigenvalue weighted by Crippen LogP contribution is -2.29. The van der Waals surface area contributed by atoms with E-state index >= 15 is 0 Å². The van der Waals surface area contributed by atoms with E-state index in [9.17, 15) is 22.8 Å². The van der Waals surface area contributed by atoms with E-state index in [1.54, 1.807) is 42.7 Å². The van der Waals surface area contributed by atoms with Crippen LogP contribution < -0.4 is 16.0 Å². The number of H-pyrrole nitrogens is 1. The van der Waals surface area contributed by atoms with Gasteiger partial charge in [0.15, 0.2) is 6.23 Å². The number of esters is 1. The quantitative estimate of drug-likeness (QED) is 0.216. The molecule has 0 aliphatic rings. The predicted molar refractivity (Wildman–Crippen MR) is 142 cm³/mol. The zero-order valence-electron chi connectivity index (χ0n) is 20.9. The van der Waals surface area contributed by atoms with Crippen LogP contribution in [-0.2, 0) is 9.53 Å². The van der Waals surface area contributed by atoms with Crippen molar-refractivity contribution in [1.29, 1.82) is 0 Å². The molecular formula is C29H21F3N4O4. The Morgan fingerprint density at radius 3 is 2.35 bits per heavy atom. The zero-order chi connectivity index (χ0) is 28.4. The molecule has 0 aliphatic carbocycles. The second-order valence-electron chi connectivity index (χ2n) is 8.68. The summed E-state index contributed by atoms with van der Waals surface area (Å²) < 4.78 is 47.6. The normalized spacial score (nSPS) is 12.2. The Morgan fingerprint density at radius 2 is 1.68 bits per heavy atom. The molecule has 0 amide bonds. The van der Waals surface area contributed by atoms with Crippen molar-refractivity contribution in [2.45, 2.75) is 12.4 Å². The summed E-state index contributed by atoms with van der Waals surface area (Å²) in [5.41, 5.74) is 9.61. The first-order chi connectivity index (χ1) is 19.2. The van der Waals surface area contributed by atoms with Crippen LogP contribution in [0.3, 0.4) is 0 Å². The summed E-state index contributed by atoms with van der Waals surface area (Å²) in [5, 5.41) is 0.337. The molecule has 0 bridgehead atoms.